The molecule has 3 aliphatic rings. The number of ether oxygens (including phenoxy) is 2. The molecule has 5 nitrogen and oxygen atoms in total. The Labute approximate surface area is 213 Å². The van der Waals surface area contributed by atoms with Crippen LogP contribution in [0.4, 0.5) is 0 Å². The van der Waals surface area contributed by atoms with Gasteiger partial charge in [0, 0.05) is 17.6 Å². The molecule has 35 heavy (non-hydrogen) atoms. The van der Waals surface area contributed by atoms with Crippen LogP contribution in [0.15, 0.2) is 42.5 Å². The summed E-state index contributed by atoms with van der Waals surface area (Å²) in [6.07, 6.45) is 6.09. The number of rotatable bonds is 7. The lowest BCUT2D eigenvalue weighted by atomic mass is 9.67. The highest BCUT2D eigenvalue weighted by Crippen LogP contribution is 2.66. The van der Waals surface area contributed by atoms with Crippen molar-refractivity contribution < 1.29 is 24.1 Å². The minimum atomic E-state index is -1.92. The molecule has 6 heteroatoms. The quantitative estimate of drug-likeness (QED) is 0.354. The Morgan fingerprint density at radius 3 is 2.40 bits per heavy atom. The number of fused-ring (bicyclic) bond motifs is 2. The first-order valence-corrected chi connectivity index (χ1v) is 16.2. The van der Waals surface area contributed by atoms with E-state index >= 15 is 0 Å². The van der Waals surface area contributed by atoms with Crippen LogP contribution in [-0.4, -0.2) is 49.6 Å². The number of hydrogen-bond acceptors (Lipinski definition) is 5. The van der Waals surface area contributed by atoms with E-state index in [1.165, 1.54) is 0 Å². The topological polar surface area (TPSA) is 68.2 Å². The van der Waals surface area contributed by atoms with E-state index < -0.39 is 26.3 Å². The second-order valence-electron chi connectivity index (χ2n) is 13.1. The van der Waals surface area contributed by atoms with Gasteiger partial charge in [0.05, 0.1) is 18.8 Å². The molecule has 4 rings (SSSR count). The van der Waals surface area contributed by atoms with Crippen LogP contribution in [0.5, 0.6) is 0 Å². The van der Waals surface area contributed by atoms with Crippen LogP contribution in [0, 0.1) is 16.7 Å². The maximum absolute atomic E-state index is 11.9. The number of hydrogen-bond donors (Lipinski definition) is 2. The van der Waals surface area contributed by atoms with Crippen molar-refractivity contribution in [2.75, 3.05) is 13.2 Å². The Morgan fingerprint density at radius 1 is 1.14 bits per heavy atom. The molecular weight excluding hydrogens is 456 g/mol. The van der Waals surface area contributed by atoms with Gasteiger partial charge in [-0.2, -0.15) is 0 Å². The Bertz CT molecular complexity index is 907. The highest BCUT2D eigenvalue weighted by Gasteiger charge is 2.62. The molecule has 1 aliphatic heterocycles. The second kappa shape index (κ2) is 9.37. The molecule has 2 aliphatic carbocycles. The molecule has 6 atom stereocenters. The predicted molar refractivity (Wildman–Crippen MR) is 141 cm³/mol. The van der Waals surface area contributed by atoms with Gasteiger partial charge in [0.1, 0.15) is 5.60 Å². The Kier molecular flexibility index (Phi) is 7.24. The third-order valence-corrected chi connectivity index (χ3v) is 14.5. The van der Waals surface area contributed by atoms with E-state index in [1.54, 1.807) is 0 Å². The van der Waals surface area contributed by atoms with E-state index in [0.717, 1.165) is 24.8 Å². The van der Waals surface area contributed by atoms with Gasteiger partial charge < -0.3 is 24.1 Å². The first kappa shape index (κ1) is 27.0. The maximum atomic E-state index is 11.9. The van der Waals surface area contributed by atoms with Gasteiger partial charge in [-0.15, -0.1) is 0 Å². The summed E-state index contributed by atoms with van der Waals surface area (Å²) in [4.78, 5) is 0. The van der Waals surface area contributed by atoms with Crippen LogP contribution in [0.3, 0.4) is 0 Å². The van der Waals surface area contributed by atoms with Gasteiger partial charge >= 0.3 is 0 Å². The normalized spacial score (nSPS) is 37.3. The minimum Gasteiger partial charge on any atom is -0.417 e. The van der Waals surface area contributed by atoms with E-state index in [2.05, 4.69) is 53.8 Å². The fourth-order valence-corrected chi connectivity index (χ4v) is 7.23. The fraction of sp³-hybridized carbons (Fsp3) is 0.724. The molecule has 196 valence electrons. The molecule has 1 saturated heterocycles. The first-order chi connectivity index (χ1) is 16.2. The highest BCUT2D eigenvalue weighted by molar-refractivity contribution is 6.74. The smallest absolute Gasteiger partial charge is 0.191 e. The van der Waals surface area contributed by atoms with E-state index in [4.69, 9.17) is 13.9 Å². The van der Waals surface area contributed by atoms with Crippen molar-refractivity contribution in [2.45, 2.75) is 103 Å². The summed E-state index contributed by atoms with van der Waals surface area (Å²) in [7, 11) is -1.92. The van der Waals surface area contributed by atoms with Crippen molar-refractivity contribution in [3.63, 3.8) is 0 Å². The second-order valence-corrected chi connectivity index (χ2v) is 18.0. The Hall–Kier alpha value is -1.02. The lowest BCUT2D eigenvalue weighted by Gasteiger charge is -2.44. The SMILES string of the molecule is CC1(C)[C@H]2CC[C@@]1(/C=C/[C@]1(O)CO[C@@H](c3ccccc3)O[C@H]1CCO[Si](C)(C)C(C)(C)C)[C@@H](O)C2. The van der Waals surface area contributed by atoms with Crippen molar-refractivity contribution in [3.8, 4) is 0 Å². The average molecular weight is 503 g/mol. The van der Waals surface area contributed by atoms with Gasteiger partial charge in [0.15, 0.2) is 14.6 Å². The number of benzene rings is 1. The predicted octanol–water partition coefficient (Wildman–Crippen LogP) is 5.99. The minimum absolute atomic E-state index is 0.00315. The zero-order chi connectivity index (χ0) is 25.7. The van der Waals surface area contributed by atoms with Crippen LogP contribution in [0.1, 0.15) is 72.2 Å². The summed E-state index contributed by atoms with van der Waals surface area (Å²) in [5.74, 6) is 0.520. The molecule has 0 radical (unpaired) electrons. The monoisotopic (exact) mass is 502 g/mol. The molecule has 2 bridgehead atoms. The van der Waals surface area contributed by atoms with Crippen LogP contribution >= 0.6 is 0 Å². The van der Waals surface area contributed by atoms with Gasteiger partial charge in [-0.05, 0) is 55.1 Å². The van der Waals surface area contributed by atoms with Crippen LogP contribution in [-0.2, 0) is 13.9 Å². The van der Waals surface area contributed by atoms with Crippen molar-refractivity contribution in [1.29, 1.82) is 0 Å². The van der Waals surface area contributed by atoms with E-state index in [-0.39, 0.29) is 28.6 Å². The molecule has 3 fully saturated rings. The molecule has 0 aromatic heterocycles. The standard InChI is InChI=1S/C29H46O5Si/c1-26(2,3)35(6,7)33-18-14-24-29(31,20-32-25(34-24)21-11-9-8-10-12-21)17-16-28-15-13-22(19-23(28)30)27(28,4)5/h8-12,16-17,22-25,30-31H,13-15,18-20H2,1-7H3/b17-16+/t22-,23-,24-,25+,28+,29-/m0/s1. The van der Waals surface area contributed by atoms with Crippen molar-refractivity contribution in [2.24, 2.45) is 16.7 Å². The molecule has 0 amide bonds. The molecular formula is C29H46O5Si. The Balaban J connectivity index is 1.55. The van der Waals surface area contributed by atoms with Crippen molar-refractivity contribution in [1.82, 2.24) is 0 Å². The van der Waals surface area contributed by atoms with E-state index in [9.17, 15) is 10.2 Å². The first-order valence-electron chi connectivity index (χ1n) is 13.3. The highest BCUT2D eigenvalue weighted by atomic mass is 28.4. The van der Waals surface area contributed by atoms with Gasteiger partial charge in [0.2, 0.25) is 0 Å². The zero-order valence-corrected chi connectivity index (χ0v) is 23.7. The Morgan fingerprint density at radius 2 is 1.83 bits per heavy atom. The fourth-order valence-electron chi connectivity index (χ4n) is 6.17. The van der Waals surface area contributed by atoms with Crippen molar-refractivity contribution >= 4 is 8.32 Å². The summed E-state index contributed by atoms with van der Waals surface area (Å²) < 4.78 is 18.9. The van der Waals surface area contributed by atoms with Gasteiger partial charge in [-0.3, -0.25) is 0 Å². The molecule has 1 aromatic rings. The summed E-state index contributed by atoms with van der Waals surface area (Å²) in [5, 5.41) is 23.0. The van der Waals surface area contributed by atoms with Crippen LogP contribution in [0.2, 0.25) is 18.1 Å². The molecule has 2 N–H and O–H groups in total. The van der Waals surface area contributed by atoms with Crippen LogP contribution in [0.25, 0.3) is 0 Å². The largest absolute Gasteiger partial charge is 0.417 e. The third kappa shape index (κ3) is 4.83. The van der Waals surface area contributed by atoms with Crippen LogP contribution < -0.4 is 0 Å². The summed E-state index contributed by atoms with van der Waals surface area (Å²) in [6.45, 7) is 16.4. The third-order valence-electron chi connectivity index (χ3n) is 9.93. The summed E-state index contributed by atoms with van der Waals surface area (Å²) in [5.41, 5.74) is -0.652. The molecule has 1 heterocycles. The average Bonchev–Trinajstić information content (AvgIpc) is 3.14. The lowest BCUT2D eigenvalue weighted by molar-refractivity contribution is -0.282. The van der Waals surface area contributed by atoms with Crippen molar-refractivity contribution in [3.05, 3.63) is 48.0 Å². The van der Waals surface area contributed by atoms with Gasteiger partial charge in [0.25, 0.3) is 0 Å². The molecule has 2 saturated carbocycles. The number of aliphatic hydroxyl groups is 2. The lowest BCUT2D eigenvalue weighted by Crippen LogP contribution is -2.52. The molecule has 1 aromatic carbocycles. The number of aliphatic hydroxyl groups excluding tert-OH is 1. The van der Waals surface area contributed by atoms with Gasteiger partial charge in [-0.25, -0.2) is 0 Å². The van der Waals surface area contributed by atoms with E-state index in [0.29, 0.717) is 18.9 Å². The molecule has 0 spiro atoms. The van der Waals surface area contributed by atoms with Gasteiger partial charge in [-0.1, -0.05) is 77.1 Å². The molecule has 0 unspecified atom stereocenters. The summed E-state index contributed by atoms with van der Waals surface area (Å²) in [6, 6.07) is 9.89. The summed E-state index contributed by atoms with van der Waals surface area (Å²) >= 11 is 0. The maximum Gasteiger partial charge on any atom is 0.191 e. The zero-order valence-electron chi connectivity index (χ0n) is 22.7. The van der Waals surface area contributed by atoms with E-state index in [1.807, 2.05) is 36.4 Å².